The number of carboxylic acids is 1. The Labute approximate surface area is 161 Å². The molecule has 0 spiro atoms. The van der Waals surface area contributed by atoms with Gasteiger partial charge in [-0.2, -0.15) is 12.6 Å². The van der Waals surface area contributed by atoms with Gasteiger partial charge in [-0.1, -0.05) is 0 Å². The van der Waals surface area contributed by atoms with Gasteiger partial charge in [-0.3, -0.25) is 19.2 Å². The summed E-state index contributed by atoms with van der Waals surface area (Å²) >= 11 is 4.06. The third-order valence-electron chi connectivity index (χ3n) is 4.07. The maximum Gasteiger partial charge on any atom is 0.326 e. The Hall–Kier alpha value is -2.34. The van der Waals surface area contributed by atoms with Crippen molar-refractivity contribution in [2.75, 3.05) is 12.3 Å². The average Bonchev–Trinajstić information content (AvgIpc) is 3.07. The van der Waals surface area contributed by atoms with Crippen LogP contribution in [0.15, 0.2) is 0 Å². The predicted molar refractivity (Wildman–Crippen MR) is 97.5 cm³/mol. The van der Waals surface area contributed by atoms with Crippen molar-refractivity contribution in [2.24, 2.45) is 11.5 Å². The van der Waals surface area contributed by atoms with Gasteiger partial charge >= 0.3 is 5.97 Å². The van der Waals surface area contributed by atoms with E-state index in [0.717, 1.165) is 0 Å². The summed E-state index contributed by atoms with van der Waals surface area (Å²) in [5.74, 6) is -4.03. The highest BCUT2D eigenvalue weighted by Gasteiger charge is 2.38. The Morgan fingerprint density at radius 3 is 2.33 bits per heavy atom. The summed E-state index contributed by atoms with van der Waals surface area (Å²) in [4.78, 5) is 60.3. The molecule has 27 heavy (non-hydrogen) atoms. The zero-order valence-corrected chi connectivity index (χ0v) is 15.8. The van der Waals surface area contributed by atoms with Crippen molar-refractivity contribution >= 4 is 42.2 Å². The van der Waals surface area contributed by atoms with Gasteiger partial charge in [-0.05, 0) is 19.8 Å². The number of nitrogens with one attached hydrogen (secondary N) is 2. The second-order valence-corrected chi connectivity index (χ2v) is 6.66. The molecule has 1 aliphatic heterocycles. The van der Waals surface area contributed by atoms with Crippen LogP contribution in [-0.2, 0) is 24.0 Å². The number of primary amides is 1. The molecule has 0 radical (unpaired) electrons. The second-order valence-electron chi connectivity index (χ2n) is 6.29. The fourth-order valence-electron chi connectivity index (χ4n) is 2.66. The third kappa shape index (κ3) is 6.40. The number of aliphatic carboxylic acids is 1. The summed E-state index contributed by atoms with van der Waals surface area (Å²) in [6.45, 7) is 1.73. The van der Waals surface area contributed by atoms with Gasteiger partial charge in [0.1, 0.15) is 18.1 Å². The van der Waals surface area contributed by atoms with Gasteiger partial charge in [-0.15, -0.1) is 0 Å². The van der Waals surface area contributed by atoms with Crippen LogP contribution < -0.4 is 22.1 Å². The maximum atomic E-state index is 12.7. The summed E-state index contributed by atoms with van der Waals surface area (Å²) in [7, 11) is 0. The highest BCUT2D eigenvalue weighted by atomic mass is 32.1. The van der Waals surface area contributed by atoms with Crippen LogP contribution in [-0.4, -0.2) is 76.1 Å². The highest BCUT2D eigenvalue weighted by molar-refractivity contribution is 7.80. The van der Waals surface area contributed by atoms with E-state index in [1.54, 1.807) is 0 Å². The van der Waals surface area contributed by atoms with Crippen molar-refractivity contribution in [3.63, 3.8) is 0 Å². The molecule has 4 amide bonds. The van der Waals surface area contributed by atoms with Crippen LogP contribution in [0.3, 0.4) is 0 Å². The van der Waals surface area contributed by atoms with Crippen LogP contribution >= 0.6 is 12.6 Å². The molecule has 0 bridgehead atoms. The number of carboxylic acid groups (broad SMARTS) is 1. The van der Waals surface area contributed by atoms with E-state index in [1.165, 1.54) is 11.8 Å². The van der Waals surface area contributed by atoms with Gasteiger partial charge in [0.2, 0.25) is 23.6 Å². The minimum absolute atomic E-state index is 0.00155. The molecule has 0 aliphatic carbocycles. The lowest BCUT2D eigenvalue weighted by molar-refractivity contribution is -0.145. The number of amides is 4. The van der Waals surface area contributed by atoms with E-state index in [2.05, 4.69) is 23.3 Å². The lowest BCUT2D eigenvalue weighted by Crippen LogP contribution is -2.57. The summed E-state index contributed by atoms with van der Waals surface area (Å²) in [6, 6.07) is -4.18. The van der Waals surface area contributed by atoms with Gasteiger partial charge in [0.15, 0.2) is 0 Å². The topological polar surface area (TPSA) is 185 Å². The number of carbonyl (C=O) groups is 5. The van der Waals surface area contributed by atoms with Crippen LogP contribution in [0, 0.1) is 0 Å². The smallest absolute Gasteiger partial charge is 0.326 e. The van der Waals surface area contributed by atoms with Crippen molar-refractivity contribution in [3.8, 4) is 0 Å². The Morgan fingerprint density at radius 1 is 1.22 bits per heavy atom. The largest absolute Gasteiger partial charge is 0.480 e. The van der Waals surface area contributed by atoms with Crippen molar-refractivity contribution in [2.45, 2.75) is 50.4 Å². The predicted octanol–water partition coefficient (Wildman–Crippen LogP) is -2.82. The first kappa shape index (κ1) is 22.7. The molecule has 0 aromatic carbocycles. The van der Waals surface area contributed by atoms with E-state index >= 15 is 0 Å². The summed E-state index contributed by atoms with van der Waals surface area (Å²) in [5.41, 5.74) is 10.5. The van der Waals surface area contributed by atoms with Crippen LogP contribution in [0.25, 0.3) is 0 Å². The normalized spacial score (nSPS) is 19.7. The second kappa shape index (κ2) is 10.1. The first-order chi connectivity index (χ1) is 12.6. The number of rotatable bonds is 9. The van der Waals surface area contributed by atoms with Gasteiger partial charge in [0.05, 0.1) is 12.5 Å². The molecule has 7 N–H and O–H groups in total. The van der Waals surface area contributed by atoms with Gasteiger partial charge in [-0.25, -0.2) is 4.79 Å². The Morgan fingerprint density at radius 2 is 1.85 bits per heavy atom. The zero-order chi connectivity index (χ0) is 20.7. The van der Waals surface area contributed by atoms with E-state index < -0.39 is 60.2 Å². The molecule has 0 aromatic heterocycles. The van der Waals surface area contributed by atoms with Crippen molar-refractivity contribution in [3.05, 3.63) is 0 Å². The fourth-order valence-corrected chi connectivity index (χ4v) is 2.91. The molecule has 152 valence electrons. The van der Waals surface area contributed by atoms with Crippen LogP contribution in [0.5, 0.6) is 0 Å². The minimum atomic E-state index is -1.48. The number of hydrogen-bond donors (Lipinski definition) is 6. The van der Waals surface area contributed by atoms with Crippen LogP contribution in [0.4, 0.5) is 0 Å². The zero-order valence-electron chi connectivity index (χ0n) is 14.9. The molecule has 0 aromatic rings. The van der Waals surface area contributed by atoms with E-state index in [1.807, 2.05) is 0 Å². The molecule has 1 saturated heterocycles. The van der Waals surface area contributed by atoms with Crippen molar-refractivity contribution in [1.82, 2.24) is 15.5 Å². The monoisotopic (exact) mass is 403 g/mol. The van der Waals surface area contributed by atoms with E-state index in [0.29, 0.717) is 12.8 Å². The number of nitrogens with two attached hydrogens (primary N) is 2. The fraction of sp³-hybridized carbons (Fsp3) is 0.667. The molecule has 4 atom stereocenters. The quantitative estimate of drug-likeness (QED) is 0.224. The van der Waals surface area contributed by atoms with Gasteiger partial charge in [0, 0.05) is 12.3 Å². The number of likely N-dealkylation sites (tertiary alicyclic amines) is 1. The molecule has 11 nitrogen and oxygen atoms in total. The first-order valence-electron chi connectivity index (χ1n) is 8.37. The molecular weight excluding hydrogens is 378 g/mol. The van der Waals surface area contributed by atoms with Crippen molar-refractivity contribution < 1.29 is 29.1 Å². The Balaban J connectivity index is 2.84. The summed E-state index contributed by atoms with van der Waals surface area (Å²) in [6.07, 6.45) is 0.282. The molecule has 1 fully saturated rings. The van der Waals surface area contributed by atoms with Gasteiger partial charge < -0.3 is 32.1 Å². The SMILES string of the molecule is CC(N)C(=O)NC(CS)C(=O)N1CCCC1C(=O)NC(CC(N)=O)C(=O)O. The van der Waals surface area contributed by atoms with Crippen LogP contribution in [0.1, 0.15) is 26.2 Å². The number of hydrogen-bond acceptors (Lipinski definition) is 7. The molecule has 1 aliphatic rings. The summed E-state index contributed by atoms with van der Waals surface area (Å²) in [5, 5.41) is 13.8. The Kier molecular flexibility index (Phi) is 8.50. The van der Waals surface area contributed by atoms with Gasteiger partial charge in [0.25, 0.3) is 0 Å². The third-order valence-corrected chi connectivity index (χ3v) is 4.43. The lowest BCUT2D eigenvalue weighted by Gasteiger charge is -2.29. The average molecular weight is 403 g/mol. The highest BCUT2D eigenvalue weighted by Crippen LogP contribution is 2.19. The molecule has 1 rings (SSSR count). The maximum absolute atomic E-state index is 12.7. The van der Waals surface area contributed by atoms with Crippen molar-refractivity contribution in [1.29, 1.82) is 0 Å². The Bertz CT molecular complexity index is 614. The number of carbonyl (C=O) groups excluding carboxylic acids is 4. The number of nitrogens with zero attached hydrogens (tertiary/aromatic N) is 1. The minimum Gasteiger partial charge on any atom is -0.480 e. The van der Waals surface area contributed by atoms with E-state index in [4.69, 9.17) is 16.6 Å². The van der Waals surface area contributed by atoms with E-state index in [9.17, 15) is 24.0 Å². The van der Waals surface area contributed by atoms with Crippen LogP contribution in [0.2, 0.25) is 0 Å². The molecule has 4 unspecified atom stereocenters. The standard InChI is InChI=1S/C15H25N5O6S/c1-7(16)12(22)19-9(6-27)14(24)20-4-2-3-10(20)13(23)18-8(15(25)26)5-11(17)21/h7-10,27H,2-6,16H2,1H3,(H2,17,21)(H,18,23)(H,19,22)(H,25,26). The molecule has 1 heterocycles. The first-order valence-corrected chi connectivity index (χ1v) is 9.00. The molecule has 0 saturated carbocycles. The van der Waals surface area contributed by atoms with E-state index in [-0.39, 0.29) is 12.3 Å². The summed E-state index contributed by atoms with van der Waals surface area (Å²) < 4.78 is 0. The lowest BCUT2D eigenvalue weighted by atomic mass is 10.1. The molecular formula is C15H25N5O6S. The molecule has 12 heteroatoms. The number of thiol groups is 1.